The highest BCUT2D eigenvalue weighted by Gasteiger charge is 2.19. The van der Waals surface area contributed by atoms with E-state index in [2.05, 4.69) is 6.92 Å². The van der Waals surface area contributed by atoms with E-state index < -0.39 is 0 Å². The minimum atomic E-state index is 0.418. The first kappa shape index (κ1) is 9.63. The van der Waals surface area contributed by atoms with Crippen molar-refractivity contribution in [3.63, 3.8) is 0 Å². The third-order valence-corrected chi connectivity index (χ3v) is 2.74. The maximum absolute atomic E-state index is 5.55. The molecule has 12 heavy (non-hydrogen) atoms. The van der Waals surface area contributed by atoms with Crippen molar-refractivity contribution in [1.82, 2.24) is 0 Å². The average Bonchev–Trinajstić information content (AvgIpc) is 2.15. The molecule has 70 valence electrons. The monoisotopic (exact) mass is 168 g/mol. The SMILES string of the molecule is CC=COC(C)C1CCCCC1. The van der Waals surface area contributed by atoms with Gasteiger partial charge in [0.1, 0.15) is 0 Å². The number of hydrogen-bond donors (Lipinski definition) is 0. The van der Waals surface area contributed by atoms with Crippen LogP contribution in [0.2, 0.25) is 0 Å². The topological polar surface area (TPSA) is 9.23 Å². The molecule has 0 aliphatic heterocycles. The van der Waals surface area contributed by atoms with Crippen molar-refractivity contribution < 1.29 is 4.74 Å². The lowest BCUT2D eigenvalue weighted by Gasteiger charge is -2.26. The highest BCUT2D eigenvalue weighted by Crippen LogP contribution is 2.27. The summed E-state index contributed by atoms with van der Waals surface area (Å²) in [6, 6.07) is 0. The molecule has 1 saturated carbocycles. The fourth-order valence-electron chi connectivity index (χ4n) is 1.92. The molecule has 1 nitrogen and oxygen atoms in total. The molecule has 0 amide bonds. The Labute approximate surface area is 75.8 Å². The van der Waals surface area contributed by atoms with E-state index in [4.69, 9.17) is 4.74 Å². The van der Waals surface area contributed by atoms with Crippen molar-refractivity contribution in [2.24, 2.45) is 5.92 Å². The van der Waals surface area contributed by atoms with Crippen LogP contribution in [0, 0.1) is 5.92 Å². The van der Waals surface area contributed by atoms with Gasteiger partial charge in [-0.1, -0.05) is 25.3 Å². The average molecular weight is 168 g/mol. The Hall–Kier alpha value is -0.460. The van der Waals surface area contributed by atoms with Crippen LogP contribution in [-0.2, 0) is 4.74 Å². The van der Waals surface area contributed by atoms with E-state index in [1.165, 1.54) is 32.1 Å². The summed E-state index contributed by atoms with van der Waals surface area (Å²) in [5.41, 5.74) is 0. The predicted molar refractivity (Wildman–Crippen MR) is 51.9 cm³/mol. The second-order valence-electron chi connectivity index (χ2n) is 3.71. The molecule has 0 aromatic carbocycles. The Balaban J connectivity index is 2.24. The Bertz CT molecular complexity index is 134. The Morgan fingerprint density at radius 1 is 1.25 bits per heavy atom. The van der Waals surface area contributed by atoms with Gasteiger partial charge in [-0.2, -0.15) is 0 Å². The molecule has 0 radical (unpaired) electrons. The Morgan fingerprint density at radius 2 is 1.92 bits per heavy atom. The van der Waals surface area contributed by atoms with Crippen LogP contribution in [0.1, 0.15) is 46.0 Å². The molecule has 1 unspecified atom stereocenters. The van der Waals surface area contributed by atoms with Crippen LogP contribution in [-0.4, -0.2) is 6.10 Å². The number of ether oxygens (including phenoxy) is 1. The molecule has 1 rings (SSSR count). The summed E-state index contributed by atoms with van der Waals surface area (Å²) >= 11 is 0. The maximum Gasteiger partial charge on any atom is 0.0978 e. The van der Waals surface area contributed by atoms with Gasteiger partial charge in [-0.05, 0) is 32.6 Å². The summed E-state index contributed by atoms with van der Waals surface area (Å²) in [6.45, 7) is 4.18. The Kier molecular flexibility index (Phi) is 4.20. The van der Waals surface area contributed by atoms with Crippen LogP contribution in [0.4, 0.5) is 0 Å². The van der Waals surface area contributed by atoms with Gasteiger partial charge in [0.25, 0.3) is 0 Å². The fourth-order valence-corrected chi connectivity index (χ4v) is 1.92. The molecule has 0 aromatic rings. The zero-order chi connectivity index (χ0) is 8.81. The first-order chi connectivity index (χ1) is 5.84. The summed E-state index contributed by atoms with van der Waals surface area (Å²) in [4.78, 5) is 0. The molecule has 1 fully saturated rings. The van der Waals surface area contributed by atoms with Crippen molar-refractivity contribution >= 4 is 0 Å². The third-order valence-electron chi connectivity index (χ3n) is 2.74. The lowest BCUT2D eigenvalue weighted by atomic mass is 9.86. The molecular formula is C11H20O. The first-order valence-corrected chi connectivity index (χ1v) is 5.11. The number of hydrogen-bond acceptors (Lipinski definition) is 1. The van der Waals surface area contributed by atoms with E-state index in [-0.39, 0.29) is 0 Å². The van der Waals surface area contributed by atoms with Gasteiger partial charge in [-0.3, -0.25) is 0 Å². The smallest absolute Gasteiger partial charge is 0.0978 e. The molecule has 0 aromatic heterocycles. The fraction of sp³-hybridized carbons (Fsp3) is 0.818. The van der Waals surface area contributed by atoms with Crippen molar-refractivity contribution in [2.45, 2.75) is 52.1 Å². The summed E-state index contributed by atoms with van der Waals surface area (Å²) in [6.07, 6.45) is 11.1. The summed E-state index contributed by atoms with van der Waals surface area (Å²) in [5.74, 6) is 0.801. The standard InChI is InChI=1S/C11H20O/c1-3-9-12-10(2)11-7-5-4-6-8-11/h3,9-11H,4-8H2,1-2H3. The number of rotatable bonds is 3. The van der Waals surface area contributed by atoms with Crippen molar-refractivity contribution in [3.05, 3.63) is 12.3 Å². The summed E-state index contributed by atoms with van der Waals surface area (Å²) in [7, 11) is 0. The van der Waals surface area contributed by atoms with Crippen LogP contribution < -0.4 is 0 Å². The van der Waals surface area contributed by atoms with E-state index in [1.807, 2.05) is 19.3 Å². The van der Waals surface area contributed by atoms with E-state index in [0.717, 1.165) is 5.92 Å². The van der Waals surface area contributed by atoms with Gasteiger partial charge in [0.2, 0.25) is 0 Å². The lowest BCUT2D eigenvalue weighted by molar-refractivity contribution is 0.0812. The molecule has 0 N–H and O–H groups in total. The van der Waals surface area contributed by atoms with E-state index >= 15 is 0 Å². The predicted octanol–water partition coefficient (Wildman–Crippen LogP) is 3.51. The van der Waals surface area contributed by atoms with Gasteiger partial charge in [0.05, 0.1) is 12.4 Å². The van der Waals surface area contributed by atoms with Gasteiger partial charge >= 0.3 is 0 Å². The van der Waals surface area contributed by atoms with E-state index in [1.54, 1.807) is 0 Å². The zero-order valence-corrected chi connectivity index (χ0v) is 8.25. The summed E-state index contributed by atoms with van der Waals surface area (Å²) in [5, 5.41) is 0. The highest BCUT2D eigenvalue weighted by molar-refractivity contribution is 4.75. The minimum absolute atomic E-state index is 0.418. The van der Waals surface area contributed by atoms with Crippen LogP contribution >= 0.6 is 0 Å². The van der Waals surface area contributed by atoms with E-state index in [0.29, 0.717) is 6.10 Å². The minimum Gasteiger partial charge on any atom is -0.498 e. The second-order valence-corrected chi connectivity index (χ2v) is 3.71. The Morgan fingerprint density at radius 3 is 2.50 bits per heavy atom. The maximum atomic E-state index is 5.55. The second kappa shape index (κ2) is 5.23. The van der Waals surface area contributed by atoms with Gasteiger partial charge in [0.15, 0.2) is 0 Å². The summed E-state index contributed by atoms with van der Waals surface area (Å²) < 4.78 is 5.55. The van der Waals surface area contributed by atoms with Crippen LogP contribution in [0.5, 0.6) is 0 Å². The molecule has 1 aliphatic carbocycles. The lowest BCUT2D eigenvalue weighted by Crippen LogP contribution is -2.21. The van der Waals surface area contributed by atoms with Crippen molar-refractivity contribution in [3.8, 4) is 0 Å². The number of allylic oxidation sites excluding steroid dienone is 1. The molecule has 0 bridgehead atoms. The van der Waals surface area contributed by atoms with Crippen molar-refractivity contribution in [2.75, 3.05) is 0 Å². The molecule has 1 atom stereocenters. The highest BCUT2D eigenvalue weighted by atomic mass is 16.5. The molecule has 1 aliphatic rings. The molecule has 0 heterocycles. The quantitative estimate of drug-likeness (QED) is 0.586. The third kappa shape index (κ3) is 2.88. The van der Waals surface area contributed by atoms with Crippen LogP contribution in [0.25, 0.3) is 0 Å². The largest absolute Gasteiger partial charge is 0.498 e. The van der Waals surface area contributed by atoms with Gasteiger partial charge in [-0.15, -0.1) is 0 Å². The normalized spacial score (nSPS) is 22.8. The van der Waals surface area contributed by atoms with Gasteiger partial charge in [-0.25, -0.2) is 0 Å². The van der Waals surface area contributed by atoms with Crippen LogP contribution in [0.15, 0.2) is 12.3 Å². The molecule has 0 saturated heterocycles. The first-order valence-electron chi connectivity index (χ1n) is 5.11. The van der Waals surface area contributed by atoms with Crippen LogP contribution in [0.3, 0.4) is 0 Å². The van der Waals surface area contributed by atoms with E-state index in [9.17, 15) is 0 Å². The van der Waals surface area contributed by atoms with Crippen molar-refractivity contribution in [1.29, 1.82) is 0 Å². The zero-order valence-electron chi connectivity index (χ0n) is 8.25. The molecule has 0 spiro atoms. The van der Waals surface area contributed by atoms with Gasteiger partial charge in [0, 0.05) is 0 Å². The van der Waals surface area contributed by atoms with Gasteiger partial charge < -0.3 is 4.74 Å². The molecular weight excluding hydrogens is 148 g/mol. The molecule has 1 heteroatoms.